The first-order chi connectivity index (χ1) is 47.6. The van der Waals surface area contributed by atoms with Crippen LogP contribution in [-0.4, -0.2) is 245 Å². The molecule has 1 heterocycles. The number of nitrogens with zero attached hydrogens (tertiary/aromatic N) is 5. The first-order valence-corrected chi connectivity index (χ1v) is 36.3. The molecule has 32 heteroatoms. The number of nitrogens with one attached hydrogen (secondary N) is 13. The van der Waals surface area contributed by atoms with E-state index in [2.05, 4.69) is 93.6 Å². The van der Waals surface area contributed by atoms with Crippen LogP contribution in [-0.2, 0) is 9.59 Å². The molecule has 0 radical (unpaired) electrons. The summed E-state index contributed by atoms with van der Waals surface area (Å²) in [6.45, 7) is 12.4. The van der Waals surface area contributed by atoms with Gasteiger partial charge >= 0.3 is 0 Å². The Morgan fingerprint density at radius 1 is 0.313 bits per heavy atom. The van der Waals surface area contributed by atoms with E-state index in [4.69, 9.17) is 0 Å². The largest absolute Gasteiger partial charge is 0.384 e. The molecule has 31 nitrogen and oxygen atoms in total. The van der Waals surface area contributed by atoms with E-state index in [1.54, 1.807) is 0 Å². The summed E-state index contributed by atoms with van der Waals surface area (Å²) in [4.78, 5) is 162. The molecular weight excluding hydrogens is 1300 g/mol. The van der Waals surface area contributed by atoms with Gasteiger partial charge in [0, 0.05) is 78.5 Å². The van der Waals surface area contributed by atoms with Gasteiger partial charge in [-0.25, -0.2) is 0 Å². The van der Waals surface area contributed by atoms with Crippen molar-refractivity contribution in [3.05, 3.63) is 114 Å². The number of hydrogen-bond donors (Lipinski definition) is 14. The van der Waals surface area contributed by atoms with Crippen LogP contribution in [0.25, 0.3) is 0 Å². The molecule has 0 saturated carbocycles. The average molecular weight is 1400 g/mol. The number of aliphatic hydroxyl groups is 1. The number of anilines is 10. The monoisotopic (exact) mass is 1400 g/mol. The van der Waals surface area contributed by atoms with Gasteiger partial charge in [-0.2, -0.15) is 11.8 Å². The first-order valence-electron chi connectivity index (χ1n) is 34.9. The van der Waals surface area contributed by atoms with E-state index in [0.29, 0.717) is 191 Å². The van der Waals surface area contributed by atoms with Gasteiger partial charge in [0.25, 0.3) is 54.3 Å². The SMILES string of the molecule is CSCCC1Nc2c(c(=O)c2=O)NCCCN(C)CCCNc2c(c(=O)c2=O)NCCCN(C)CCCNC2=C(NCCCN(C)CCCNc3c(c(=O)c3=O)NCCCN(C)CCCNc3c(c(=O)c3=O)NCCCN(C)CCCNc3c(c(=O)c3=O)NCCCNC1=O)C(O)C2=O. The van der Waals surface area contributed by atoms with Crippen LogP contribution in [0.1, 0.15) is 77.0 Å². The van der Waals surface area contributed by atoms with Gasteiger partial charge in [0.1, 0.15) is 68.6 Å². The van der Waals surface area contributed by atoms with Crippen molar-refractivity contribution in [1.29, 1.82) is 0 Å². The van der Waals surface area contributed by atoms with Crippen LogP contribution in [0.2, 0.25) is 0 Å². The van der Waals surface area contributed by atoms with E-state index >= 15 is 0 Å². The third-order valence-corrected chi connectivity index (χ3v) is 18.6. The topological polar surface area (TPSA) is 398 Å². The summed E-state index contributed by atoms with van der Waals surface area (Å²) in [5.74, 6) is -0.104. The summed E-state index contributed by atoms with van der Waals surface area (Å²) in [6.07, 6.45) is 8.50. The molecule has 1 amide bonds. The molecule has 5 aromatic rings. The van der Waals surface area contributed by atoms with Crippen molar-refractivity contribution in [2.24, 2.45) is 0 Å². The first kappa shape index (κ1) is 78.3. The van der Waals surface area contributed by atoms with Crippen LogP contribution in [0.4, 0.5) is 56.9 Å². The molecule has 2 unspecified atom stereocenters. The smallest absolute Gasteiger partial charge is 0.253 e. The van der Waals surface area contributed by atoms with Gasteiger partial charge in [-0.15, -0.1) is 0 Å². The lowest BCUT2D eigenvalue weighted by molar-refractivity contribution is -0.125. The highest BCUT2D eigenvalue weighted by atomic mass is 32.2. The lowest BCUT2D eigenvalue weighted by atomic mass is 9.95. The Labute approximate surface area is 580 Å². The number of rotatable bonds is 3. The zero-order valence-electron chi connectivity index (χ0n) is 58.4. The van der Waals surface area contributed by atoms with E-state index in [-0.39, 0.29) is 70.3 Å². The third-order valence-electron chi connectivity index (χ3n) is 18.0. The van der Waals surface area contributed by atoms with Crippen molar-refractivity contribution in [2.45, 2.75) is 89.2 Å². The molecule has 0 spiro atoms. The Morgan fingerprint density at radius 2 is 0.535 bits per heavy atom. The van der Waals surface area contributed by atoms with Crippen molar-refractivity contribution in [1.82, 2.24) is 40.4 Å². The highest BCUT2D eigenvalue weighted by Crippen LogP contribution is 2.22. The molecule has 2 atom stereocenters. The predicted molar refractivity (Wildman–Crippen MR) is 399 cm³/mol. The van der Waals surface area contributed by atoms with E-state index in [1.807, 2.05) is 41.5 Å². The van der Waals surface area contributed by atoms with Gasteiger partial charge in [0.2, 0.25) is 11.7 Å². The van der Waals surface area contributed by atoms with Crippen molar-refractivity contribution >= 4 is 80.3 Å². The van der Waals surface area contributed by atoms with Crippen LogP contribution < -0.4 is 123 Å². The van der Waals surface area contributed by atoms with Crippen molar-refractivity contribution in [3.63, 3.8) is 0 Å². The highest BCUT2D eigenvalue weighted by molar-refractivity contribution is 7.98. The van der Waals surface area contributed by atoms with Crippen molar-refractivity contribution in [3.8, 4) is 0 Å². The second-order valence-corrected chi connectivity index (χ2v) is 27.0. The maximum atomic E-state index is 13.5. The zero-order valence-corrected chi connectivity index (χ0v) is 59.2. The number of thioether (sulfide) groups is 1. The van der Waals surface area contributed by atoms with E-state index in [0.717, 1.165) is 45.4 Å². The number of fused-ring (bicyclic) bond motifs is 5. The number of amides is 1. The van der Waals surface area contributed by atoms with Gasteiger partial charge in [0.15, 0.2) is 6.10 Å². The second kappa shape index (κ2) is 39.7. The fourth-order valence-corrected chi connectivity index (χ4v) is 12.4. The molecule has 99 heavy (non-hydrogen) atoms. The summed E-state index contributed by atoms with van der Waals surface area (Å²) in [6, 6.07) is -0.800. The van der Waals surface area contributed by atoms with Gasteiger partial charge in [-0.05, 0) is 190 Å². The molecule has 2 aliphatic rings. The molecule has 5 aromatic carbocycles. The number of ketones is 1. The molecular formula is C67H104N18O13S. The number of Topliss-reactive ketones (excluding diaryl/α,β-unsaturated/α-hetero) is 1. The molecule has 14 N–H and O–H groups in total. The van der Waals surface area contributed by atoms with Crippen LogP contribution in [0, 0.1) is 0 Å². The number of hydrogen-bond acceptors (Lipinski definition) is 31. The second-order valence-electron chi connectivity index (χ2n) is 26.0. The Hall–Kier alpha value is -8.01. The van der Waals surface area contributed by atoms with Crippen molar-refractivity contribution < 1.29 is 14.7 Å². The fraction of sp³-hybridized carbons (Fsp3) is 0.642. The summed E-state index contributed by atoms with van der Waals surface area (Å²) >= 11 is 1.53. The van der Waals surface area contributed by atoms with Crippen molar-refractivity contribution in [2.75, 3.05) is 244 Å². The summed E-state index contributed by atoms with van der Waals surface area (Å²) in [7, 11) is 9.85. The third kappa shape index (κ3) is 22.0. The quantitative estimate of drug-likeness (QED) is 0.0880. The molecule has 7 rings (SSSR count). The van der Waals surface area contributed by atoms with Crippen LogP contribution in [0.15, 0.2) is 59.3 Å². The Kier molecular flexibility index (Phi) is 31.4. The minimum atomic E-state index is -1.19. The number of carbonyl (C=O) groups is 2. The Balaban J connectivity index is 0.853. The maximum Gasteiger partial charge on any atom is 0.253 e. The normalized spacial score (nSPS) is 20.9. The molecule has 0 aromatic heterocycles. The lowest BCUT2D eigenvalue weighted by Gasteiger charge is -2.30. The highest BCUT2D eigenvalue weighted by Gasteiger charge is 2.38. The minimum absolute atomic E-state index is 0.0686. The molecule has 0 bridgehead atoms. The lowest BCUT2D eigenvalue weighted by Crippen LogP contribution is -2.48. The van der Waals surface area contributed by atoms with E-state index in [1.165, 1.54) is 11.8 Å². The van der Waals surface area contributed by atoms with E-state index in [9.17, 15) is 62.6 Å². The molecule has 546 valence electrons. The van der Waals surface area contributed by atoms with Crippen LogP contribution >= 0.6 is 11.8 Å². The Morgan fingerprint density at radius 3 is 0.808 bits per heavy atom. The van der Waals surface area contributed by atoms with Gasteiger partial charge in [0.05, 0.1) is 5.70 Å². The minimum Gasteiger partial charge on any atom is -0.384 e. The molecule has 0 fully saturated rings. The van der Waals surface area contributed by atoms with Crippen LogP contribution in [0.3, 0.4) is 0 Å². The molecule has 0 saturated heterocycles. The summed E-state index contributed by atoms with van der Waals surface area (Å²) < 4.78 is 0. The average Bonchev–Trinajstić information content (AvgIpc) is 0.825. The standard InChI is InChI=1S/C67H104N18O13S/c1-81-31-8-21-69-44-43(55(86)56(44)87)68-19-7-20-79-67(98)42(18-41-99-6)80-54-53(65(96)66(54)97)78-30-17-40-85(5)39-16-29-77-52-51(63(94)64(52)95)76-28-15-38-84(4)37-14-27-75-50-49(61(92)62(50)93)74-26-13-36-83(3)35-12-25-73-48-47(59(90)60(48)91)72-24-11-34-82(2)33-10-23-71-46-45(57(88)58(46)89)70-22-9-32-81/h42,61,68-78,80,92H,7-41H2,1-6H3,(H,79,98). The van der Waals surface area contributed by atoms with E-state index < -0.39 is 66.4 Å². The number of aliphatic hydroxyl groups excluding tert-OH is 1. The van der Waals surface area contributed by atoms with Crippen LogP contribution in [0.5, 0.6) is 0 Å². The predicted octanol–water partition coefficient (Wildman–Crippen LogP) is -1.88. The zero-order chi connectivity index (χ0) is 71.5. The van der Waals surface area contributed by atoms with Gasteiger partial charge in [-0.1, -0.05) is 0 Å². The molecule has 1 aliphatic heterocycles. The number of carbonyl (C=O) groups excluding carboxylic acids is 2. The summed E-state index contributed by atoms with van der Waals surface area (Å²) in [5, 5.41) is 50.7. The molecule has 1 aliphatic carbocycles. The van der Waals surface area contributed by atoms with Gasteiger partial charge < -0.3 is 98.7 Å². The summed E-state index contributed by atoms with van der Waals surface area (Å²) in [5.41, 5.74) is -2.61. The maximum absolute atomic E-state index is 13.5. The fourth-order valence-electron chi connectivity index (χ4n) is 11.9. The van der Waals surface area contributed by atoms with Gasteiger partial charge in [-0.3, -0.25) is 57.5 Å². The Bertz CT molecular complexity index is 3850.